The topological polar surface area (TPSA) is 58.6 Å². The number of phenolic OH excluding ortho intramolecular Hbond substituents is 1. The highest BCUT2D eigenvalue weighted by molar-refractivity contribution is 9.10. The molecule has 1 atom stereocenters. The number of phenols is 1. The third-order valence-electron chi connectivity index (χ3n) is 2.89. The van der Waals surface area contributed by atoms with Crippen LogP contribution in [0.5, 0.6) is 11.5 Å². The lowest BCUT2D eigenvalue weighted by Crippen LogP contribution is -2.36. The van der Waals surface area contributed by atoms with Crippen molar-refractivity contribution in [1.29, 1.82) is 0 Å². The van der Waals surface area contributed by atoms with Crippen LogP contribution in [0.25, 0.3) is 0 Å². The zero-order chi connectivity index (χ0) is 16.1. The van der Waals surface area contributed by atoms with Crippen molar-refractivity contribution in [3.8, 4) is 11.5 Å². The number of halogens is 2. The summed E-state index contributed by atoms with van der Waals surface area (Å²) in [6.07, 6.45) is 0. The Bertz CT molecular complexity index is 661. The summed E-state index contributed by atoms with van der Waals surface area (Å²) >= 11 is 9.07. The molecule has 0 aliphatic heterocycles. The van der Waals surface area contributed by atoms with Crippen LogP contribution in [0.15, 0.2) is 46.9 Å². The number of amides is 1. The number of nitrogens with one attached hydrogen (secondary N) is 1. The molecule has 0 aliphatic carbocycles. The number of carbonyl (C=O) groups excluding carboxylic acids is 1. The molecule has 116 valence electrons. The average molecular weight is 385 g/mol. The standard InChI is InChI=1S/C16H15BrClNO3/c1-10(9-22-13-5-3-12(18)4-6-13)19-16(21)14-8-11(17)2-7-15(14)20/h2-8,10,20H,9H2,1H3,(H,19,21). The van der Waals surface area contributed by atoms with Crippen LogP contribution in [-0.2, 0) is 0 Å². The molecule has 2 N–H and O–H groups in total. The fourth-order valence-electron chi connectivity index (χ4n) is 1.79. The molecule has 2 aromatic carbocycles. The normalized spacial score (nSPS) is 11.8. The van der Waals surface area contributed by atoms with Crippen LogP contribution in [0.4, 0.5) is 0 Å². The fraction of sp³-hybridized carbons (Fsp3) is 0.188. The molecule has 1 unspecified atom stereocenters. The van der Waals surface area contributed by atoms with E-state index in [2.05, 4.69) is 21.2 Å². The predicted molar refractivity (Wildman–Crippen MR) is 89.7 cm³/mol. The minimum atomic E-state index is -0.356. The van der Waals surface area contributed by atoms with Gasteiger partial charge in [-0.1, -0.05) is 27.5 Å². The van der Waals surface area contributed by atoms with Crippen LogP contribution in [0.3, 0.4) is 0 Å². The second kappa shape index (κ2) is 7.51. The lowest BCUT2D eigenvalue weighted by Gasteiger charge is -2.15. The van der Waals surface area contributed by atoms with Gasteiger partial charge in [-0.05, 0) is 49.4 Å². The predicted octanol–water partition coefficient (Wildman–Crippen LogP) is 4.01. The summed E-state index contributed by atoms with van der Waals surface area (Å²) in [7, 11) is 0. The first kappa shape index (κ1) is 16.6. The highest BCUT2D eigenvalue weighted by Crippen LogP contribution is 2.22. The molecule has 2 aromatic rings. The summed E-state index contributed by atoms with van der Waals surface area (Å²) in [6, 6.07) is 11.5. The van der Waals surface area contributed by atoms with E-state index in [1.807, 2.05) is 6.92 Å². The van der Waals surface area contributed by atoms with Crippen LogP contribution in [-0.4, -0.2) is 23.7 Å². The van der Waals surface area contributed by atoms with Gasteiger partial charge in [0, 0.05) is 9.50 Å². The van der Waals surface area contributed by atoms with Gasteiger partial charge in [0.1, 0.15) is 18.1 Å². The van der Waals surface area contributed by atoms with Crippen LogP contribution in [0, 0.1) is 0 Å². The molecule has 0 radical (unpaired) electrons. The number of rotatable bonds is 5. The van der Waals surface area contributed by atoms with Crippen LogP contribution in [0.2, 0.25) is 5.02 Å². The van der Waals surface area contributed by atoms with E-state index in [1.165, 1.54) is 6.07 Å². The minimum Gasteiger partial charge on any atom is -0.507 e. The van der Waals surface area contributed by atoms with Crippen molar-refractivity contribution < 1.29 is 14.6 Å². The van der Waals surface area contributed by atoms with E-state index in [9.17, 15) is 9.90 Å². The maximum absolute atomic E-state index is 12.1. The molecule has 0 saturated carbocycles. The Morgan fingerprint density at radius 2 is 2.00 bits per heavy atom. The maximum atomic E-state index is 12.1. The molecule has 2 rings (SSSR count). The van der Waals surface area contributed by atoms with Gasteiger partial charge in [0.15, 0.2) is 0 Å². The lowest BCUT2D eigenvalue weighted by atomic mass is 10.2. The van der Waals surface area contributed by atoms with Crippen LogP contribution < -0.4 is 10.1 Å². The first-order valence-corrected chi connectivity index (χ1v) is 7.80. The van der Waals surface area contributed by atoms with Crippen LogP contribution >= 0.6 is 27.5 Å². The number of hydrogen-bond acceptors (Lipinski definition) is 3. The highest BCUT2D eigenvalue weighted by Gasteiger charge is 2.14. The Kier molecular flexibility index (Phi) is 5.69. The Labute approximate surface area is 142 Å². The molecule has 1 amide bonds. The van der Waals surface area contributed by atoms with Crippen molar-refractivity contribution in [3.63, 3.8) is 0 Å². The molecule has 6 heteroatoms. The quantitative estimate of drug-likeness (QED) is 0.819. The molecular weight excluding hydrogens is 370 g/mol. The molecule has 0 spiro atoms. The molecule has 0 aromatic heterocycles. The SMILES string of the molecule is CC(COc1ccc(Cl)cc1)NC(=O)c1cc(Br)ccc1O. The van der Waals surface area contributed by atoms with Gasteiger partial charge in [0.25, 0.3) is 5.91 Å². The number of aromatic hydroxyl groups is 1. The van der Waals surface area contributed by atoms with Gasteiger partial charge in [0.05, 0.1) is 11.6 Å². The van der Waals surface area contributed by atoms with Crippen LogP contribution in [0.1, 0.15) is 17.3 Å². The number of ether oxygens (including phenoxy) is 1. The largest absolute Gasteiger partial charge is 0.507 e. The molecule has 4 nitrogen and oxygen atoms in total. The summed E-state index contributed by atoms with van der Waals surface area (Å²) < 4.78 is 6.29. The molecule has 0 saturated heterocycles. The smallest absolute Gasteiger partial charge is 0.255 e. The molecular formula is C16H15BrClNO3. The van der Waals surface area contributed by atoms with Gasteiger partial charge < -0.3 is 15.2 Å². The Morgan fingerprint density at radius 3 is 2.68 bits per heavy atom. The Balaban J connectivity index is 1.91. The first-order valence-electron chi connectivity index (χ1n) is 6.63. The third kappa shape index (κ3) is 4.64. The summed E-state index contributed by atoms with van der Waals surface area (Å²) in [5.41, 5.74) is 0.215. The zero-order valence-corrected chi connectivity index (χ0v) is 14.2. The minimum absolute atomic E-state index is 0.0634. The molecule has 0 fully saturated rings. The first-order chi connectivity index (χ1) is 10.5. The molecule has 22 heavy (non-hydrogen) atoms. The van der Waals surface area contributed by atoms with Gasteiger partial charge >= 0.3 is 0 Å². The highest BCUT2D eigenvalue weighted by atomic mass is 79.9. The lowest BCUT2D eigenvalue weighted by molar-refractivity contribution is 0.0924. The van der Waals surface area contributed by atoms with Crippen molar-refractivity contribution in [2.75, 3.05) is 6.61 Å². The zero-order valence-electron chi connectivity index (χ0n) is 11.8. The summed E-state index contributed by atoms with van der Waals surface area (Å²) in [5, 5.41) is 13.1. The fourth-order valence-corrected chi connectivity index (χ4v) is 2.27. The summed E-state index contributed by atoms with van der Waals surface area (Å²) in [6.45, 7) is 2.13. The van der Waals surface area contributed by atoms with Crippen molar-refractivity contribution >= 4 is 33.4 Å². The van der Waals surface area contributed by atoms with Gasteiger partial charge in [-0.2, -0.15) is 0 Å². The second-order valence-corrected chi connectivity index (χ2v) is 6.15. The average Bonchev–Trinajstić information content (AvgIpc) is 2.49. The maximum Gasteiger partial charge on any atom is 0.255 e. The second-order valence-electron chi connectivity index (χ2n) is 4.80. The number of benzene rings is 2. The van der Waals surface area contributed by atoms with Crippen molar-refractivity contribution in [2.24, 2.45) is 0 Å². The van der Waals surface area contributed by atoms with Crippen molar-refractivity contribution in [3.05, 3.63) is 57.5 Å². The van der Waals surface area contributed by atoms with Gasteiger partial charge in [0.2, 0.25) is 0 Å². The Hall–Kier alpha value is -1.72. The van der Waals surface area contributed by atoms with E-state index >= 15 is 0 Å². The number of hydrogen-bond donors (Lipinski definition) is 2. The summed E-state index contributed by atoms with van der Waals surface area (Å²) in [5.74, 6) is 0.258. The van der Waals surface area contributed by atoms with Gasteiger partial charge in [-0.15, -0.1) is 0 Å². The van der Waals surface area contributed by atoms with E-state index in [1.54, 1.807) is 36.4 Å². The van der Waals surface area contributed by atoms with Crippen molar-refractivity contribution in [1.82, 2.24) is 5.32 Å². The van der Waals surface area contributed by atoms with E-state index in [-0.39, 0.29) is 23.3 Å². The van der Waals surface area contributed by atoms with E-state index in [0.717, 1.165) is 4.47 Å². The van der Waals surface area contributed by atoms with Gasteiger partial charge in [-0.3, -0.25) is 4.79 Å². The monoisotopic (exact) mass is 383 g/mol. The third-order valence-corrected chi connectivity index (χ3v) is 3.64. The van der Waals surface area contributed by atoms with E-state index < -0.39 is 0 Å². The van der Waals surface area contributed by atoms with E-state index in [0.29, 0.717) is 17.4 Å². The van der Waals surface area contributed by atoms with Gasteiger partial charge in [-0.25, -0.2) is 0 Å². The molecule has 0 aliphatic rings. The van der Waals surface area contributed by atoms with E-state index in [4.69, 9.17) is 16.3 Å². The Morgan fingerprint density at radius 1 is 1.32 bits per heavy atom. The molecule has 0 bridgehead atoms. The molecule has 0 heterocycles. The number of carbonyl (C=O) groups is 1. The summed E-state index contributed by atoms with van der Waals surface area (Å²) in [4.78, 5) is 12.1. The van der Waals surface area contributed by atoms with Crippen molar-refractivity contribution in [2.45, 2.75) is 13.0 Å².